The normalized spacial score (nSPS) is 18.0. The summed E-state index contributed by atoms with van der Waals surface area (Å²) in [5.41, 5.74) is 3.87. The quantitative estimate of drug-likeness (QED) is 0.731. The highest BCUT2D eigenvalue weighted by atomic mass is 16.5. The summed E-state index contributed by atoms with van der Waals surface area (Å²) < 4.78 is 11.5. The highest BCUT2D eigenvalue weighted by Crippen LogP contribution is 2.18. The number of aliphatic hydroxyl groups is 1. The summed E-state index contributed by atoms with van der Waals surface area (Å²) in [6.45, 7) is 7.64. The maximum absolute atomic E-state index is 10.5. The predicted octanol–water partition coefficient (Wildman–Crippen LogP) is 3.72. The van der Waals surface area contributed by atoms with Crippen LogP contribution in [0.5, 0.6) is 5.75 Å². The van der Waals surface area contributed by atoms with Gasteiger partial charge in [-0.15, -0.1) is 0 Å². The van der Waals surface area contributed by atoms with Crippen molar-refractivity contribution in [3.8, 4) is 5.75 Å². The number of hydrogen-bond acceptors (Lipinski definition) is 4. The van der Waals surface area contributed by atoms with Gasteiger partial charge in [0.05, 0.1) is 6.10 Å². The number of nitrogens with zero attached hydrogens (tertiary/aromatic N) is 1. The van der Waals surface area contributed by atoms with Gasteiger partial charge in [0, 0.05) is 26.2 Å². The van der Waals surface area contributed by atoms with Crippen molar-refractivity contribution in [2.75, 3.05) is 26.3 Å². The van der Waals surface area contributed by atoms with Crippen molar-refractivity contribution < 1.29 is 14.6 Å². The summed E-state index contributed by atoms with van der Waals surface area (Å²) >= 11 is 0. The van der Waals surface area contributed by atoms with Crippen molar-refractivity contribution in [3.63, 3.8) is 0 Å². The standard InChI is InChI=1S/C23H31NO3/c1-18-10-11-20(19(2)13-18)14-24(16-23-9-6-12-26-23)15-21(25)17-27-22-7-4-3-5-8-22/h3-5,7-8,10-11,13,21,23,25H,6,9,12,14-17H2,1-2H3/t21-,23-/m1/s1. The molecule has 0 unspecified atom stereocenters. The third-order valence-electron chi connectivity index (χ3n) is 5.03. The molecule has 0 amide bonds. The molecule has 4 nitrogen and oxygen atoms in total. The molecule has 27 heavy (non-hydrogen) atoms. The first-order valence-corrected chi connectivity index (χ1v) is 9.86. The number of para-hydroxylation sites is 1. The molecule has 0 spiro atoms. The first-order chi connectivity index (χ1) is 13.1. The number of ether oxygens (including phenoxy) is 2. The van der Waals surface area contributed by atoms with E-state index in [0.717, 1.165) is 38.3 Å². The minimum absolute atomic E-state index is 0.262. The van der Waals surface area contributed by atoms with Gasteiger partial charge in [0.1, 0.15) is 18.5 Å². The average Bonchev–Trinajstić information content (AvgIpc) is 3.16. The van der Waals surface area contributed by atoms with E-state index in [9.17, 15) is 5.11 Å². The van der Waals surface area contributed by atoms with Crippen LogP contribution in [0.25, 0.3) is 0 Å². The van der Waals surface area contributed by atoms with Gasteiger partial charge in [0.15, 0.2) is 0 Å². The second-order valence-corrected chi connectivity index (χ2v) is 7.54. The Morgan fingerprint density at radius 3 is 2.70 bits per heavy atom. The fourth-order valence-corrected chi connectivity index (χ4v) is 3.60. The second-order valence-electron chi connectivity index (χ2n) is 7.54. The number of aryl methyl sites for hydroxylation is 2. The van der Waals surface area contributed by atoms with Gasteiger partial charge < -0.3 is 14.6 Å². The number of aliphatic hydroxyl groups excluding tert-OH is 1. The summed E-state index contributed by atoms with van der Waals surface area (Å²) in [6.07, 6.45) is 1.94. The molecular weight excluding hydrogens is 338 g/mol. The van der Waals surface area contributed by atoms with Gasteiger partial charge in [-0.25, -0.2) is 0 Å². The van der Waals surface area contributed by atoms with Crippen LogP contribution in [0.1, 0.15) is 29.5 Å². The number of benzene rings is 2. The Kier molecular flexibility index (Phi) is 7.27. The maximum Gasteiger partial charge on any atom is 0.119 e. The highest BCUT2D eigenvalue weighted by molar-refractivity contribution is 5.30. The molecule has 0 aromatic heterocycles. The average molecular weight is 370 g/mol. The molecule has 3 rings (SSSR count). The van der Waals surface area contributed by atoms with E-state index in [4.69, 9.17) is 9.47 Å². The maximum atomic E-state index is 10.5. The van der Waals surface area contributed by atoms with E-state index in [1.54, 1.807) is 0 Å². The lowest BCUT2D eigenvalue weighted by molar-refractivity contribution is 0.0313. The van der Waals surface area contributed by atoms with E-state index in [-0.39, 0.29) is 6.10 Å². The van der Waals surface area contributed by atoms with E-state index >= 15 is 0 Å². The van der Waals surface area contributed by atoms with Crippen LogP contribution >= 0.6 is 0 Å². The lowest BCUT2D eigenvalue weighted by atomic mass is 10.0. The largest absolute Gasteiger partial charge is 0.491 e. The summed E-state index contributed by atoms with van der Waals surface area (Å²) in [6, 6.07) is 16.2. The Hall–Kier alpha value is -1.88. The Morgan fingerprint density at radius 2 is 2.00 bits per heavy atom. The minimum Gasteiger partial charge on any atom is -0.491 e. The van der Waals surface area contributed by atoms with E-state index in [1.807, 2.05) is 30.3 Å². The lowest BCUT2D eigenvalue weighted by Gasteiger charge is -2.28. The third-order valence-corrected chi connectivity index (χ3v) is 5.03. The first kappa shape index (κ1) is 19.9. The molecule has 2 aromatic carbocycles. The van der Waals surface area contributed by atoms with Crippen molar-refractivity contribution in [3.05, 3.63) is 65.2 Å². The molecule has 1 N–H and O–H groups in total. The molecule has 1 heterocycles. The zero-order valence-corrected chi connectivity index (χ0v) is 16.4. The fourth-order valence-electron chi connectivity index (χ4n) is 3.60. The molecule has 1 aliphatic rings. The van der Waals surface area contributed by atoms with Crippen molar-refractivity contribution >= 4 is 0 Å². The van der Waals surface area contributed by atoms with Crippen LogP contribution in [0.15, 0.2) is 48.5 Å². The number of rotatable bonds is 9. The molecule has 146 valence electrons. The molecular formula is C23H31NO3. The Labute approximate surface area is 162 Å². The monoisotopic (exact) mass is 369 g/mol. The molecule has 0 bridgehead atoms. The SMILES string of the molecule is Cc1ccc(CN(C[C@@H](O)COc2ccccc2)C[C@H]2CCCO2)c(C)c1. The van der Waals surface area contributed by atoms with Crippen LogP contribution in [-0.2, 0) is 11.3 Å². The summed E-state index contributed by atoms with van der Waals surface area (Å²) in [5, 5.41) is 10.5. The van der Waals surface area contributed by atoms with E-state index in [2.05, 4.69) is 36.9 Å². The summed E-state index contributed by atoms with van der Waals surface area (Å²) in [4.78, 5) is 2.30. The van der Waals surface area contributed by atoms with Gasteiger partial charge in [-0.2, -0.15) is 0 Å². The smallest absolute Gasteiger partial charge is 0.119 e. The van der Waals surface area contributed by atoms with Crippen LogP contribution in [-0.4, -0.2) is 48.5 Å². The van der Waals surface area contributed by atoms with Crippen LogP contribution in [0, 0.1) is 13.8 Å². The van der Waals surface area contributed by atoms with Crippen LogP contribution in [0.4, 0.5) is 0 Å². The van der Waals surface area contributed by atoms with Gasteiger partial charge in [-0.1, -0.05) is 42.0 Å². The van der Waals surface area contributed by atoms with E-state index in [1.165, 1.54) is 16.7 Å². The molecule has 1 aliphatic heterocycles. The van der Waals surface area contributed by atoms with E-state index < -0.39 is 6.10 Å². The number of hydrogen-bond donors (Lipinski definition) is 1. The van der Waals surface area contributed by atoms with Gasteiger partial charge in [0.2, 0.25) is 0 Å². The molecule has 2 aromatic rings. The zero-order chi connectivity index (χ0) is 19.1. The molecule has 4 heteroatoms. The van der Waals surface area contributed by atoms with Crippen LogP contribution in [0.3, 0.4) is 0 Å². The Morgan fingerprint density at radius 1 is 1.19 bits per heavy atom. The van der Waals surface area contributed by atoms with Crippen molar-refractivity contribution in [2.45, 2.75) is 45.4 Å². The molecule has 0 radical (unpaired) electrons. The van der Waals surface area contributed by atoms with Crippen molar-refractivity contribution in [1.29, 1.82) is 0 Å². The topological polar surface area (TPSA) is 41.9 Å². The predicted molar refractivity (Wildman–Crippen MR) is 108 cm³/mol. The van der Waals surface area contributed by atoms with Gasteiger partial charge in [-0.05, 0) is 49.9 Å². The van der Waals surface area contributed by atoms with Gasteiger partial charge in [0.25, 0.3) is 0 Å². The van der Waals surface area contributed by atoms with Crippen LogP contribution in [0.2, 0.25) is 0 Å². The van der Waals surface area contributed by atoms with Crippen molar-refractivity contribution in [1.82, 2.24) is 4.90 Å². The fraction of sp³-hybridized carbons (Fsp3) is 0.478. The third kappa shape index (κ3) is 6.35. The molecule has 0 aliphatic carbocycles. The molecule has 1 saturated heterocycles. The zero-order valence-electron chi connectivity index (χ0n) is 16.4. The van der Waals surface area contributed by atoms with E-state index in [0.29, 0.717) is 13.2 Å². The van der Waals surface area contributed by atoms with Gasteiger partial charge in [-0.3, -0.25) is 4.90 Å². The summed E-state index contributed by atoms with van der Waals surface area (Å²) in [5.74, 6) is 0.789. The Balaban J connectivity index is 1.59. The molecule has 2 atom stereocenters. The Bertz CT molecular complexity index is 698. The lowest BCUT2D eigenvalue weighted by Crippen LogP contribution is -2.39. The van der Waals surface area contributed by atoms with Crippen LogP contribution < -0.4 is 4.74 Å². The second kappa shape index (κ2) is 9.88. The molecule has 1 fully saturated rings. The first-order valence-electron chi connectivity index (χ1n) is 9.86. The minimum atomic E-state index is -0.544. The van der Waals surface area contributed by atoms with Gasteiger partial charge >= 0.3 is 0 Å². The summed E-state index contributed by atoms with van der Waals surface area (Å²) in [7, 11) is 0. The molecule has 0 saturated carbocycles. The van der Waals surface area contributed by atoms with Crippen molar-refractivity contribution in [2.24, 2.45) is 0 Å². The highest BCUT2D eigenvalue weighted by Gasteiger charge is 2.22.